The smallest absolute Gasteiger partial charge is 0.191 e. The summed E-state index contributed by atoms with van der Waals surface area (Å²) in [6, 6.07) is 16.6. The maximum Gasteiger partial charge on any atom is 0.191 e. The van der Waals surface area contributed by atoms with E-state index in [1.165, 1.54) is 5.56 Å². The fourth-order valence-electron chi connectivity index (χ4n) is 3.51. The molecule has 0 amide bonds. The SMILES string of the molecule is CN=C(NCc1ccc(OCCOC)cc1)NC1CCN(c2ccccc2OC)C1. The van der Waals surface area contributed by atoms with E-state index in [2.05, 4.69) is 38.7 Å². The number of nitrogens with zero attached hydrogens (tertiary/aromatic N) is 2. The highest BCUT2D eigenvalue weighted by molar-refractivity contribution is 5.80. The molecule has 2 aromatic rings. The first-order valence-corrected chi connectivity index (χ1v) is 10.3. The molecule has 0 aliphatic carbocycles. The van der Waals surface area contributed by atoms with Gasteiger partial charge in [0.25, 0.3) is 0 Å². The zero-order valence-corrected chi connectivity index (χ0v) is 18.1. The van der Waals surface area contributed by atoms with E-state index in [1.54, 1.807) is 21.3 Å². The molecule has 1 saturated heterocycles. The van der Waals surface area contributed by atoms with Crippen LogP contribution in [0.3, 0.4) is 0 Å². The van der Waals surface area contributed by atoms with Crippen LogP contribution in [0.25, 0.3) is 0 Å². The predicted octanol–water partition coefficient (Wildman–Crippen LogP) is 2.66. The van der Waals surface area contributed by atoms with Gasteiger partial charge in [0.1, 0.15) is 18.1 Å². The van der Waals surface area contributed by atoms with Gasteiger partial charge in [-0.1, -0.05) is 24.3 Å². The van der Waals surface area contributed by atoms with Gasteiger partial charge in [-0.15, -0.1) is 0 Å². The molecule has 1 aliphatic rings. The summed E-state index contributed by atoms with van der Waals surface area (Å²) in [5.41, 5.74) is 2.30. The molecule has 0 spiro atoms. The van der Waals surface area contributed by atoms with Crippen molar-refractivity contribution in [1.29, 1.82) is 0 Å². The number of ether oxygens (including phenoxy) is 3. The molecule has 0 aromatic heterocycles. The molecule has 30 heavy (non-hydrogen) atoms. The molecular weight excluding hydrogens is 380 g/mol. The molecule has 7 nitrogen and oxygen atoms in total. The second-order valence-electron chi connectivity index (χ2n) is 7.16. The summed E-state index contributed by atoms with van der Waals surface area (Å²) >= 11 is 0. The second-order valence-corrected chi connectivity index (χ2v) is 7.16. The highest BCUT2D eigenvalue weighted by Gasteiger charge is 2.25. The molecule has 7 heteroatoms. The fraction of sp³-hybridized carbons (Fsp3) is 0.435. The summed E-state index contributed by atoms with van der Waals surface area (Å²) in [6.07, 6.45) is 1.05. The third-order valence-corrected chi connectivity index (χ3v) is 5.12. The van der Waals surface area contributed by atoms with Gasteiger partial charge < -0.3 is 29.7 Å². The van der Waals surface area contributed by atoms with Crippen LogP contribution in [0.2, 0.25) is 0 Å². The third kappa shape index (κ3) is 6.03. The van der Waals surface area contributed by atoms with Gasteiger partial charge in [0, 0.05) is 39.8 Å². The lowest BCUT2D eigenvalue weighted by atomic mass is 10.2. The Labute approximate surface area is 179 Å². The topological polar surface area (TPSA) is 67.4 Å². The zero-order chi connectivity index (χ0) is 21.2. The van der Waals surface area contributed by atoms with Crippen LogP contribution in [-0.2, 0) is 11.3 Å². The van der Waals surface area contributed by atoms with E-state index in [4.69, 9.17) is 14.2 Å². The Balaban J connectivity index is 1.47. The van der Waals surface area contributed by atoms with Gasteiger partial charge in [0.05, 0.1) is 19.4 Å². The lowest BCUT2D eigenvalue weighted by Crippen LogP contribution is -2.44. The lowest BCUT2D eigenvalue weighted by molar-refractivity contribution is 0.146. The van der Waals surface area contributed by atoms with E-state index in [0.29, 0.717) is 25.8 Å². The number of rotatable bonds is 9. The van der Waals surface area contributed by atoms with E-state index in [-0.39, 0.29) is 0 Å². The van der Waals surface area contributed by atoms with Gasteiger partial charge in [-0.25, -0.2) is 0 Å². The van der Waals surface area contributed by atoms with Gasteiger partial charge in [0.2, 0.25) is 0 Å². The van der Waals surface area contributed by atoms with Crippen LogP contribution in [0, 0.1) is 0 Å². The summed E-state index contributed by atoms with van der Waals surface area (Å²) in [5, 5.41) is 6.93. The molecule has 1 fully saturated rings. The standard InChI is InChI=1S/C23H32N4O3/c1-24-23(25-16-18-8-10-20(11-9-18)30-15-14-28-2)26-19-12-13-27(17-19)21-6-4-5-7-22(21)29-3/h4-11,19H,12-17H2,1-3H3,(H2,24,25,26). The summed E-state index contributed by atoms with van der Waals surface area (Å²) in [6.45, 7) is 3.73. The van der Waals surface area contributed by atoms with Crippen molar-refractivity contribution in [1.82, 2.24) is 10.6 Å². The number of methoxy groups -OCH3 is 2. The van der Waals surface area contributed by atoms with E-state index in [0.717, 1.165) is 42.7 Å². The van der Waals surface area contributed by atoms with Crippen molar-refractivity contribution in [3.8, 4) is 11.5 Å². The molecule has 2 N–H and O–H groups in total. The molecule has 1 heterocycles. The maximum atomic E-state index is 5.60. The largest absolute Gasteiger partial charge is 0.495 e. The molecule has 3 rings (SSSR count). The Bertz CT molecular complexity index is 810. The Kier molecular flexibility index (Phi) is 8.20. The first-order chi connectivity index (χ1) is 14.7. The van der Waals surface area contributed by atoms with Crippen molar-refractivity contribution in [2.75, 3.05) is 52.5 Å². The Morgan fingerprint density at radius 2 is 1.90 bits per heavy atom. The number of nitrogens with one attached hydrogen (secondary N) is 2. The van der Waals surface area contributed by atoms with Gasteiger partial charge in [-0.05, 0) is 36.2 Å². The van der Waals surface area contributed by atoms with Crippen molar-refractivity contribution < 1.29 is 14.2 Å². The number of aliphatic imine (C=N–C) groups is 1. The molecule has 1 aliphatic heterocycles. The molecular formula is C23H32N4O3. The summed E-state index contributed by atoms with van der Waals surface area (Å²) in [5.74, 6) is 2.57. The second kappa shape index (κ2) is 11.3. The van der Waals surface area contributed by atoms with Crippen molar-refractivity contribution in [3.05, 3.63) is 54.1 Å². The van der Waals surface area contributed by atoms with Crippen LogP contribution >= 0.6 is 0 Å². The van der Waals surface area contributed by atoms with Gasteiger partial charge >= 0.3 is 0 Å². The molecule has 2 aromatic carbocycles. The lowest BCUT2D eigenvalue weighted by Gasteiger charge is -2.22. The number of benzene rings is 2. The maximum absolute atomic E-state index is 5.60. The van der Waals surface area contributed by atoms with Crippen molar-refractivity contribution >= 4 is 11.6 Å². The molecule has 0 bridgehead atoms. The van der Waals surface area contributed by atoms with Gasteiger partial charge in [-0.2, -0.15) is 0 Å². The minimum Gasteiger partial charge on any atom is -0.495 e. The van der Waals surface area contributed by atoms with Gasteiger partial charge in [0.15, 0.2) is 5.96 Å². The van der Waals surface area contributed by atoms with Crippen molar-refractivity contribution in [2.45, 2.75) is 19.0 Å². The molecule has 1 unspecified atom stereocenters. The highest BCUT2D eigenvalue weighted by Crippen LogP contribution is 2.30. The highest BCUT2D eigenvalue weighted by atomic mass is 16.5. The zero-order valence-electron chi connectivity index (χ0n) is 18.1. The predicted molar refractivity (Wildman–Crippen MR) is 121 cm³/mol. The number of anilines is 1. The fourth-order valence-corrected chi connectivity index (χ4v) is 3.51. The van der Waals surface area contributed by atoms with E-state index < -0.39 is 0 Å². The van der Waals surface area contributed by atoms with Crippen LogP contribution in [0.15, 0.2) is 53.5 Å². The van der Waals surface area contributed by atoms with E-state index in [1.807, 2.05) is 30.3 Å². The molecule has 0 radical (unpaired) electrons. The monoisotopic (exact) mass is 412 g/mol. The quantitative estimate of drug-likeness (QED) is 0.375. The number of hydrogen-bond donors (Lipinski definition) is 2. The van der Waals surface area contributed by atoms with Gasteiger partial charge in [-0.3, -0.25) is 4.99 Å². The van der Waals surface area contributed by atoms with Crippen LogP contribution in [0.1, 0.15) is 12.0 Å². The average Bonchev–Trinajstić information content (AvgIpc) is 3.26. The molecule has 0 saturated carbocycles. The van der Waals surface area contributed by atoms with E-state index >= 15 is 0 Å². The summed E-state index contributed by atoms with van der Waals surface area (Å²) in [4.78, 5) is 6.73. The third-order valence-electron chi connectivity index (χ3n) is 5.12. The Morgan fingerprint density at radius 3 is 2.63 bits per heavy atom. The van der Waals surface area contributed by atoms with Crippen molar-refractivity contribution in [2.24, 2.45) is 4.99 Å². The minimum absolute atomic E-state index is 0.331. The number of para-hydroxylation sites is 2. The molecule has 162 valence electrons. The normalized spacial score (nSPS) is 16.4. The first kappa shape index (κ1) is 21.8. The minimum atomic E-state index is 0.331. The van der Waals surface area contributed by atoms with E-state index in [9.17, 15) is 0 Å². The Morgan fingerprint density at radius 1 is 1.10 bits per heavy atom. The van der Waals surface area contributed by atoms with Crippen LogP contribution in [0.5, 0.6) is 11.5 Å². The first-order valence-electron chi connectivity index (χ1n) is 10.3. The Hall–Kier alpha value is -2.93. The number of guanidine groups is 1. The van der Waals surface area contributed by atoms with Crippen LogP contribution in [0.4, 0.5) is 5.69 Å². The number of hydrogen-bond acceptors (Lipinski definition) is 5. The summed E-state index contributed by atoms with van der Waals surface area (Å²) < 4.78 is 16.1. The average molecular weight is 413 g/mol. The van der Waals surface area contributed by atoms with Crippen molar-refractivity contribution in [3.63, 3.8) is 0 Å². The van der Waals surface area contributed by atoms with Crippen LogP contribution in [-0.4, -0.2) is 59.6 Å². The molecule has 1 atom stereocenters. The van der Waals surface area contributed by atoms with Crippen LogP contribution < -0.4 is 25.0 Å². The summed E-state index contributed by atoms with van der Waals surface area (Å²) in [7, 11) is 5.18.